The van der Waals surface area contributed by atoms with Gasteiger partial charge in [-0.05, 0) is 75.4 Å². The number of aryl methyl sites for hydroxylation is 3. The minimum atomic E-state index is -3.63. The molecule has 3 rings (SSSR count). The lowest BCUT2D eigenvalue weighted by molar-refractivity contribution is 0.585. The normalized spacial score (nSPS) is 11.9. The SMILES string of the molecule is CCc1c(C)[nH]c(Cc2c(C)c(C)cn2S(=O)(=O)c2ccc(C)cc2)c1C. The summed E-state index contributed by atoms with van der Waals surface area (Å²) in [6, 6.07) is 7.03. The highest BCUT2D eigenvalue weighted by molar-refractivity contribution is 7.90. The van der Waals surface area contributed by atoms with Gasteiger partial charge in [0.1, 0.15) is 0 Å². The molecule has 5 heteroatoms. The monoisotopic (exact) mass is 384 g/mol. The third kappa shape index (κ3) is 3.36. The van der Waals surface area contributed by atoms with Crippen LogP contribution in [-0.2, 0) is 22.9 Å². The van der Waals surface area contributed by atoms with Crippen molar-refractivity contribution in [3.05, 3.63) is 75.4 Å². The number of hydrogen-bond donors (Lipinski definition) is 1. The highest BCUT2D eigenvalue weighted by Gasteiger charge is 2.24. The van der Waals surface area contributed by atoms with Gasteiger partial charge in [0.15, 0.2) is 0 Å². The molecule has 0 saturated carbocycles. The summed E-state index contributed by atoms with van der Waals surface area (Å²) in [6.07, 6.45) is 3.28. The summed E-state index contributed by atoms with van der Waals surface area (Å²) in [5, 5.41) is 0. The van der Waals surface area contributed by atoms with Crippen LogP contribution in [0.1, 0.15) is 51.8 Å². The average Bonchev–Trinajstić information content (AvgIpc) is 3.06. The van der Waals surface area contributed by atoms with E-state index in [0.29, 0.717) is 11.3 Å². The van der Waals surface area contributed by atoms with Crippen molar-refractivity contribution in [2.24, 2.45) is 0 Å². The van der Waals surface area contributed by atoms with Gasteiger partial charge in [0.25, 0.3) is 10.0 Å². The predicted molar refractivity (Wildman–Crippen MR) is 110 cm³/mol. The van der Waals surface area contributed by atoms with Crippen molar-refractivity contribution in [2.45, 2.75) is 59.3 Å². The van der Waals surface area contributed by atoms with Gasteiger partial charge in [-0.15, -0.1) is 0 Å². The first kappa shape index (κ1) is 19.5. The van der Waals surface area contributed by atoms with Crippen molar-refractivity contribution < 1.29 is 8.42 Å². The standard InChI is InChI=1S/C22H28N2O2S/c1-7-20-17(5)21(23-18(20)6)12-22-16(4)15(3)13-24(22)27(25,26)19-10-8-14(2)9-11-19/h8-11,13,23H,7,12H2,1-6H3. The van der Waals surface area contributed by atoms with E-state index in [0.717, 1.165) is 34.5 Å². The third-order valence-electron chi connectivity index (χ3n) is 5.57. The van der Waals surface area contributed by atoms with Crippen LogP contribution in [0.3, 0.4) is 0 Å². The zero-order valence-electron chi connectivity index (χ0n) is 17.0. The van der Waals surface area contributed by atoms with E-state index >= 15 is 0 Å². The van der Waals surface area contributed by atoms with Crippen LogP contribution in [0.15, 0.2) is 35.4 Å². The summed E-state index contributed by atoms with van der Waals surface area (Å²) in [5.74, 6) is 0. The molecule has 0 bridgehead atoms. The molecule has 4 nitrogen and oxygen atoms in total. The summed E-state index contributed by atoms with van der Waals surface area (Å²) in [5.41, 5.74) is 8.67. The second-order valence-electron chi connectivity index (χ2n) is 7.36. The van der Waals surface area contributed by atoms with E-state index in [4.69, 9.17) is 0 Å². The molecule has 27 heavy (non-hydrogen) atoms. The van der Waals surface area contributed by atoms with Gasteiger partial charge in [0, 0.05) is 29.7 Å². The molecule has 0 amide bonds. The number of nitrogens with one attached hydrogen (secondary N) is 1. The maximum atomic E-state index is 13.3. The van der Waals surface area contributed by atoms with Crippen molar-refractivity contribution in [1.29, 1.82) is 0 Å². The van der Waals surface area contributed by atoms with Gasteiger partial charge in [-0.2, -0.15) is 0 Å². The molecule has 2 aromatic heterocycles. The van der Waals surface area contributed by atoms with Crippen molar-refractivity contribution in [2.75, 3.05) is 0 Å². The van der Waals surface area contributed by atoms with E-state index in [-0.39, 0.29) is 0 Å². The van der Waals surface area contributed by atoms with Gasteiger partial charge < -0.3 is 4.98 Å². The maximum absolute atomic E-state index is 13.3. The summed E-state index contributed by atoms with van der Waals surface area (Å²) >= 11 is 0. The van der Waals surface area contributed by atoms with Gasteiger partial charge in [-0.3, -0.25) is 0 Å². The van der Waals surface area contributed by atoms with Crippen LogP contribution in [0.25, 0.3) is 0 Å². The van der Waals surface area contributed by atoms with Crippen molar-refractivity contribution >= 4 is 10.0 Å². The van der Waals surface area contributed by atoms with Crippen molar-refractivity contribution in [3.8, 4) is 0 Å². The number of aromatic amines is 1. The van der Waals surface area contributed by atoms with E-state index in [2.05, 4.69) is 25.8 Å². The Bertz CT molecular complexity index is 1080. The number of nitrogens with zero attached hydrogens (tertiary/aromatic N) is 1. The van der Waals surface area contributed by atoms with E-state index in [1.807, 2.05) is 32.9 Å². The summed E-state index contributed by atoms with van der Waals surface area (Å²) in [6.45, 7) is 12.2. The van der Waals surface area contributed by atoms with E-state index in [1.165, 1.54) is 20.8 Å². The highest BCUT2D eigenvalue weighted by atomic mass is 32.2. The Kier molecular flexibility index (Phi) is 5.08. The largest absolute Gasteiger partial charge is 0.362 e. The molecule has 0 spiro atoms. The fraction of sp³-hybridized carbons (Fsp3) is 0.364. The Labute approximate surface area is 162 Å². The van der Waals surface area contributed by atoms with Crippen LogP contribution >= 0.6 is 0 Å². The molecule has 1 aromatic carbocycles. The highest BCUT2D eigenvalue weighted by Crippen LogP contribution is 2.27. The molecule has 2 heterocycles. The summed E-state index contributed by atoms with van der Waals surface area (Å²) in [4.78, 5) is 3.78. The molecule has 0 aliphatic carbocycles. The Hall–Kier alpha value is -2.27. The topological polar surface area (TPSA) is 54.9 Å². The Morgan fingerprint density at radius 1 is 0.963 bits per heavy atom. The fourth-order valence-electron chi connectivity index (χ4n) is 3.73. The van der Waals surface area contributed by atoms with E-state index < -0.39 is 10.0 Å². The smallest absolute Gasteiger partial charge is 0.267 e. The average molecular weight is 385 g/mol. The molecule has 0 saturated heterocycles. The molecule has 0 aliphatic heterocycles. The van der Waals surface area contributed by atoms with Gasteiger partial charge in [0.2, 0.25) is 0 Å². The summed E-state index contributed by atoms with van der Waals surface area (Å²) < 4.78 is 28.0. The Morgan fingerprint density at radius 3 is 2.15 bits per heavy atom. The number of rotatable bonds is 5. The Morgan fingerprint density at radius 2 is 1.59 bits per heavy atom. The molecule has 144 valence electrons. The molecule has 1 N–H and O–H groups in total. The van der Waals surface area contributed by atoms with Crippen molar-refractivity contribution in [1.82, 2.24) is 8.96 Å². The zero-order chi connectivity index (χ0) is 19.9. The van der Waals surface area contributed by atoms with Crippen LogP contribution in [0.4, 0.5) is 0 Å². The second-order valence-corrected chi connectivity index (χ2v) is 9.18. The minimum Gasteiger partial charge on any atom is -0.362 e. The lowest BCUT2D eigenvalue weighted by atomic mass is 10.0. The second kappa shape index (κ2) is 7.04. The number of aromatic nitrogens is 2. The van der Waals surface area contributed by atoms with Crippen LogP contribution in [-0.4, -0.2) is 17.4 Å². The molecule has 0 aliphatic rings. The van der Waals surface area contributed by atoms with Crippen LogP contribution < -0.4 is 0 Å². The quantitative estimate of drug-likeness (QED) is 0.690. The van der Waals surface area contributed by atoms with Gasteiger partial charge >= 0.3 is 0 Å². The molecular weight excluding hydrogens is 356 g/mol. The molecule has 0 fully saturated rings. The minimum absolute atomic E-state index is 0.318. The van der Waals surface area contributed by atoms with E-state index in [1.54, 1.807) is 18.3 Å². The molecular formula is C22H28N2O2S. The number of H-pyrrole nitrogens is 1. The van der Waals surface area contributed by atoms with Gasteiger partial charge in [-0.25, -0.2) is 12.4 Å². The number of benzene rings is 1. The fourth-order valence-corrected chi connectivity index (χ4v) is 5.22. The lowest BCUT2D eigenvalue weighted by Crippen LogP contribution is -2.16. The molecule has 3 aromatic rings. The van der Waals surface area contributed by atoms with Gasteiger partial charge in [0.05, 0.1) is 4.90 Å². The number of hydrogen-bond acceptors (Lipinski definition) is 2. The van der Waals surface area contributed by atoms with Gasteiger partial charge in [-0.1, -0.05) is 24.6 Å². The molecule has 0 atom stereocenters. The first-order chi connectivity index (χ1) is 12.7. The van der Waals surface area contributed by atoms with Crippen LogP contribution in [0.5, 0.6) is 0 Å². The first-order valence-electron chi connectivity index (χ1n) is 9.33. The molecule has 0 unspecified atom stereocenters. The summed E-state index contributed by atoms with van der Waals surface area (Å²) in [7, 11) is -3.63. The zero-order valence-corrected chi connectivity index (χ0v) is 17.8. The maximum Gasteiger partial charge on any atom is 0.267 e. The third-order valence-corrected chi connectivity index (χ3v) is 7.28. The molecule has 0 radical (unpaired) electrons. The lowest BCUT2D eigenvalue weighted by Gasteiger charge is -2.12. The Balaban J connectivity index is 2.12. The predicted octanol–water partition coefficient (Wildman–Crippen LogP) is 4.75. The van der Waals surface area contributed by atoms with Crippen LogP contribution in [0.2, 0.25) is 0 Å². The van der Waals surface area contributed by atoms with Crippen LogP contribution in [0, 0.1) is 34.6 Å². The van der Waals surface area contributed by atoms with E-state index in [9.17, 15) is 8.42 Å². The van der Waals surface area contributed by atoms with Crippen molar-refractivity contribution in [3.63, 3.8) is 0 Å². The first-order valence-corrected chi connectivity index (χ1v) is 10.8.